The fourth-order valence-electron chi connectivity index (χ4n) is 1.26. The lowest BCUT2D eigenvalue weighted by Crippen LogP contribution is -1.96. The number of hydrogen-bond donors (Lipinski definition) is 1. The van der Waals surface area contributed by atoms with Crippen LogP contribution in [0.5, 0.6) is 0 Å². The molecule has 2 N–H and O–H groups in total. The van der Waals surface area contributed by atoms with E-state index < -0.39 is 10.8 Å². The van der Waals surface area contributed by atoms with Crippen LogP contribution in [0.4, 0.5) is 5.69 Å². The molecule has 5 heteroatoms. The Bertz CT molecular complexity index is 511. The molecule has 0 aliphatic carbocycles. The van der Waals surface area contributed by atoms with E-state index in [1.165, 1.54) is 0 Å². The van der Waals surface area contributed by atoms with E-state index >= 15 is 0 Å². The number of nitrogen functional groups attached to an aromatic ring is 1. The van der Waals surface area contributed by atoms with Gasteiger partial charge in [0.15, 0.2) is 0 Å². The number of halogens is 1. The van der Waals surface area contributed by atoms with Gasteiger partial charge in [-0.05, 0) is 40.6 Å². The van der Waals surface area contributed by atoms with Gasteiger partial charge < -0.3 is 5.73 Å². The lowest BCUT2D eigenvalue weighted by molar-refractivity contribution is 0.682. The third-order valence-electron chi connectivity index (χ3n) is 2.11. The molecule has 1 aromatic heterocycles. The zero-order valence-electron chi connectivity index (χ0n) is 8.35. The number of hydrogen-bond acceptors (Lipinski definition) is 3. The van der Waals surface area contributed by atoms with Crippen molar-refractivity contribution in [1.29, 1.82) is 0 Å². The van der Waals surface area contributed by atoms with Crippen molar-refractivity contribution in [2.45, 2.75) is 10.6 Å². The Hall–Kier alpha value is -0.840. The molecule has 0 fully saturated rings. The molecule has 2 aromatic rings. The number of thiophene rings is 1. The first-order valence-electron chi connectivity index (χ1n) is 4.61. The van der Waals surface area contributed by atoms with Gasteiger partial charge in [0, 0.05) is 4.90 Å². The quantitative estimate of drug-likeness (QED) is 0.871. The second kappa shape index (κ2) is 4.99. The zero-order valence-corrected chi connectivity index (χ0v) is 10.7. The van der Waals surface area contributed by atoms with E-state index in [0.29, 0.717) is 21.4 Å². The maximum Gasteiger partial charge on any atom is 0.0647 e. The predicted octanol–water partition coefficient (Wildman–Crippen LogP) is 3.29. The van der Waals surface area contributed by atoms with Crippen LogP contribution < -0.4 is 5.73 Å². The highest BCUT2D eigenvalue weighted by Crippen LogP contribution is 2.23. The third-order valence-corrected chi connectivity index (χ3v) is 4.55. The highest BCUT2D eigenvalue weighted by molar-refractivity contribution is 7.84. The fraction of sp³-hybridized carbons (Fsp3) is 0.0909. The second-order valence-electron chi connectivity index (χ2n) is 3.30. The Morgan fingerprint density at radius 1 is 1.38 bits per heavy atom. The largest absolute Gasteiger partial charge is 0.398 e. The van der Waals surface area contributed by atoms with Crippen LogP contribution in [0.15, 0.2) is 39.9 Å². The molecule has 2 rings (SSSR count). The van der Waals surface area contributed by atoms with Gasteiger partial charge in [-0.3, -0.25) is 4.21 Å². The van der Waals surface area contributed by atoms with E-state index in [0.717, 1.165) is 5.56 Å². The lowest BCUT2D eigenvalue weighted by atomic mass is 10.3. The first-order chi connectivity index (χ1) is 7.66. The van der Waals surface area contributed by atoms with E-state index in [-0.39, 0.29) is 0 Å². The highest BCUT2D eigenvalue weighted by Gasteiger charge is 2.07. The van der Waals surface area contributed by atoms with Gasteiger partial charge in [-0.25, -0.2) is 0 Å². The molecular formula is C11H10ClNOS2. The Kier molecular flexibility index (Phi) is 3.63. The smallest absolute Gasteiger partial charge is 0.0647 e. The summed E-state index contributed by atoms with van der Waals surface area (Å²) in [6.45, 7) is 0. The normalized spacial score (nSPS) is 12.6. The molecule has 1 unspecified atom stereocenters. The highest BCUT2D eigenvalue weighted by atomic mass is 35.5. The molecule has 0 spiro atoms. The molecule has 2 nitrogen and oxygen atoms in total. The maximum atomic E-state index is 12.0. The van der Waals surface area contributed by atoms with Crippen molar-refractivity contribution in [3.8, 4) is 0 Å². The van der Waals surface area contributed by atoms with Gasteiger partial charge in [-0.1, -0.05) is 11.6 Å². The zero-order chi connectivity index (χ0) is 11.5. The second-order valence-corrected chi connectivity index (χ2v) is 5.94. The standard InChI is InChI=1S/C11H10ClNOS2/c12-10-5-9(1-2-11(10)13)16(14)7-8-3-4-15-6-8/h1-6H,7,13H2. The average Bonchev–Trinajstić information content (AvgIpc) is 2.74. The summed E-state index contributed by atoms with van der Waals surface area (Å²) in [5, 5.41) is 4.43. The summed E-state index contributed by atoms with van der Waals surface area (Å²) >= 11 is 7.48. The van der Waals surface area contributed by atoms with Gasteiger partial charge in [0.1, 0.15) is 0 Å². The summed E-state index contributed by atoms with van der Waals surface area (Å²) in [4.78, 5) is 0.713. The fourth-order valence-corrected chi connectivity index (χ4v) is 3.40. The number of anilines is 1. The van der Waals surface area contributed by atoms with Crippen LogP contribution in [0.1, 0.15) is 5.56 Å². The van der Waals surface area contributed by atoms with Gasteiger partial charge in [0.2, 0.25) is 0 Å². The summed E-state index contributed by atoms with van der Waals surface area (Å²) in [6, 6.07) is 7.08. The van der Waals surface area contributed by atoms with Crippen molar-refractivity contribution in [3.05, 3.63) is 45.6 Å². The molecule has 0 bridgehead atoms. The molecule has 0 radical (unpaired) electrons. The number of benzene rings is 1. The van der Waals surface area contributed by atoms with Gasteiger partial charge in [-0.2, -0.15) is 11.3 Å². The van der Waals surface area contributed by atoms with Gasteiger partial charge in [-0.15, -0.1) is 0 Å². The van der Waals surface area contributed by atoms with Crippen LogP contribution in [0.2, 0.25) is 5.02 Å². The molecule has 0 saturated carbocycles. The van der Waals surface area contributed by atoms with Crippen LogP contribution in [0.25, 0.3) is 0 Å². The van der Waals surface area contributed by atoms with E-state index in [9.17, 15) is 4.21 Å². The summed E-state index contributed by atoms with van der Waals surface area (Å²) in [6.07, 6.45) is 0. The molecule has 0 aliphatic heterocycles. The van der Waals surface area contributed by atoms with E-state index in [1.807, 2.05) is 16.8 Å². The predicted molar refractivity (Wildman–Crippen MR) is 70.3 cm³/mol. The molecule has 16 heavy (non-hydrogen) atoms. The summed E-state index contributed by atoms with van der Waals surface area (Å²) in [5.41, 5.74) is 7.19. The minimum atomic E-state index is -1.06. The van der Waals surface area contributed by atoms with Crippen molar-refractivity contribution in [1.82, 2.24) is 0 Å². The molecule has 0 aliphatic rings. The average molecular weight is 272 g/mol. The summed E-state index contributed by atoms with van der Waals surface area (Å²) in [7, 11) is -1.06. The van der Waals surface area contributed by atoms with Crippen LogP contribution in [0, 0.1) is 0 Å². The number of nitrogens with two attached hydrogens (primary N) is 1. The Labute approximate surface area is 106 Å². The van der Waals surface area contributed by atoms with Crippen LogP contribution >= 0.6 is 22.9 Å². The Balaban J connectivity index is 2.18. The SMILES string of the molecule is Nc1ccc(S(=O)Cc2ccsc2)cc1Cl. The molecule has 1 aromatic carbocycles. The van der Waals surface area contributed by atoms with Crippen molar-refractivity contribution < 1.29 is 4.21 Å². The molecular weight excluding hydrogens is 262 g/mol. The maximum absolute atomic E-state index is 12.0. The first-order valence-corrected chi connectivity index (χ1v) is 7.25. The minimum absolute atomic E-state index is 0.455. The van der Waals surface area contributed by atoms with Crippen LogP contribution in [0.3, 0.4) is 0 Å². The summed E-state index contributed by atoms with van der Waals surface area (Å²) in [5.74, 6) is 0.518. The van der Waals surface area contributed by atoms with Crippen molar-refractivity contribution in [2.24, 2.45) is 0 Å². The van der Waals surface area contributed by atoms with E-state index in [4.69, 9.17) is 17.3 Å². The molecule has 0 amide bonds. The molecule has 1 atom stereocenters. The van der Waals surface area contributed by atoms with Crippen molar-refractivity contribution in [2.75, 3.05) is 5.73 Å². The van der Waals surface area contributed by atoms with Crippen LogP contribution in [-0.4, -0.2) is 4.21 Å². The lowest BCUT2D eigenvalue weighted by Gasteiger charge is -2.03. The van der Waals surface area contributed by atoms with E-state index in [1.54, 1.807) is 29.5 Å². The Morgan fingerprint density at radius 2 is 2.19 bits per heavy atom. The topological polar surface area (TPSA) is 43.1 Å². The molecule has 0 saturated heterocycles. The number of rotatable bonds is 3. The van der Waals surface area contributed by atoms with E-state index in [2.05, 4.69) is 0 Å². The van der Waals surface area contributed by atoms with Crippen LogP contribution in [-0.2, 0) is 16.6 Å². The first kappa shape index (κ1) is 11.6. The molecule has 84 valence electrons. The third kappa shape index (κ3) is 2.64. The monoisotopic (exact) mass is 271 g/mol. The van der Waals surface area contributed by atoms with Crippen molar-refractivity contribution >= 4 is 39.4 Å². The minimum Gasteiger partial charge on any atom is -0.398 e. The Morgan fingerprint density at radius 3 is 2.81 bits per heavy atom. The van der Waals surface area contributed by atoms with Gasteiger partial charge >= 0.3 is 0 Å². The summed E-state index contributed by atoms with van der Waals surface area (Å²) < 4.78 is 12.0. The van der Waals surface area contributed by atoms with Crippen molar-refractivity contribution in [3.63, 3.8) is 0 Å². The molecule has 1 heterocycles. The van der Waals surface area contributed by atoms with Gasteiger partial charge in [0.25, 0.3) is 0 Å². The van der Waals surface area contributed by atoms with Gasteiger partial charge in [0.05, 0.1) is 27.3 Å².